The third-order valence-corrected chi connectivity index (χ3v) is 3.34. The van der Waals surface area contributed by atoms with Gasteiger partial charge in [-0.05, 0) is 19.4 Å². The van der Waals surface area contributed by atoms with E-state index in [2.05, 4.69) is 5.32 Å². The molecule has 1 amide bonds. The lowest BCUT2D eigenvalue weighted by Gasteiger charge is -2.25. The van der Waals surface area contributed by atoms with Crippen molar-refractivity contribution in [3.8, 4) is 0 Å². The van der Waals surface area contributed by atoms with Gasteiger partial charge in [0, 0.05) is 0 Å². The maximum Gasteiger partial charge on any atom is 0.407 e. The second-order valence-corrected chi connectivity index (χ2v) is 7.44. The van der Waals surface area contributed by atoms with Gasteiger partial charge in [-0.2, -0.15) is 0 Å². The largest absolute Gasteiger partial charge is 0.445 e. The van der Waals surface area contributed by atoms with Crippen molar-refractivity contribution in [2.24, 2.45) is 5.92 Å². The fourth-order valence-electron chi connectivity index (χ4n) is 2.09. The quantitative estimate of drug-likeness (QED) is 0.604. The third-order valence-electron chi connectivity index (χ3n) is 3.01. The third kappa shape index (κ3) is 6.77. The van der Waals surface area contributed by atoms with E-state index < -0.39 is 28.5 Å². The Bertz CT molecular complexity index is 558. The molecule has 0 aliphatic heterocycles. The number of ketones is 2. The zero-order valence-electron chi connectivity index (χ0n) is 12.5. The first-order valence-corrected chi connectivity index (χ1v) is 7.81. The van der Waals surface area contributed by atoms with Crippen LogP contribution in [0, 0.1) is 5.92 Å². The highest BCUT2D eigenvalue weighted by atomic mass is 35.6. The molecule has 0 saturated carbocycles. The van der Waals surface area contributed by atoms with Crippen molar-refractivity contribution >= 4 is 52.5 Å². The van der Waals surface area contributed by atoms with E-state index in [1.807, 2.05) is 0 Å². The summed E-state index contributed by atoms with van der Waals surface area (Å²) in [6.07, 6.45) is -0.891. The molecule has 126 valence electrons. The summed E-state index contributed by atoms with van der Waals surface area (Å²) in [6.45, 7) is 2.11. The Balaban J connectivity index is 2.99. The van der Waals surface area contributed by atoms with Crippen LogP contribution in [0.15, 0.2) is 30.3 Å². The predicted molar refractivity (Wildman–Crippen MR) is 88.8 cm³/mol. The van der Waals surface area contributed by atoms with Gasteiger partial charge >= 0.3 is 6.09 Å². The normalized spacial score (nSPS) is 12.6. The van der Waals surface area contributed by atoms with E-state index in [0.29, 0.717) is 5.56 Å². The van der Waals surface area contributed by atoms with Crippen molar-refractivity contribution in [3.63, 3.8) is 0 Å². The Morgan fingerprint density at radius 1 is 1.09 bits per heavy atom. The minimum Gasteiger partial charge on any atom is -0.445 e. The Morgan fingerprint density at radius 3 is 2.04 bits per heavy atom. The highest BCUT2D eigenvalue weighted by Crippen LogP contribution is 2.27. The fraction of sp³-hybridized carbons (Fsp3) is 0.400. The number of ether oxygens (including phenoxy) is 1. The Hall–Kier alpha value is -1.30. The highest BCUT2D eigenvalue weighted by Gasteiger charge is 2.33. The van der Waals surface area contributed by atoms with Crippen molar-refractivity contribution in [1.82, 2.24) is 5.32 Å². The predicted octanol–water partition coefficient (Wildman–Crippen LogP) is 3.62. The molecule has 5 nitrogen and oxygen atoms in total. The number of hydrogen-bond acceptors (Lipinski definition) is 4. The van der Waals surface area contributed by atoms with Crippen LogP contribution in [0.2, 0.25) is 0 Å². The monoisotopic (exact) mass is 379 g/mol. The minimum atomic E-state index is -1.75. The SMILES string of the molecule is CC(=O)C(C(C)=O)C(NC(=O)OCC(Cl)(Cl)Cl)c1ccccc1. The van der Waals surface area contributed by atoms with E-state index >= 15 is 0 Å². The zero-order chi connectivity index (χ0) is 17.6. The van der Waals surface area contributed by atoms with Gasteiger partial charge in [-0.3, -0.25) is 9.59 Å². The molecule has 0 bridgehead atoms. The molecule has 0 heterocycles. The second-order valence-electron chi connectivity index (χ2n) is 4.92. The molecule has 0 aliphatic rings. The molecule has 1 N–H and O–H groups in total. The summed E-state index contributed by atoms with van der Waals surface area (Å²) < 4.78 is 3.05. The molecule has 0 aromatic heterocycles. The molecule has 1 aromatic rings. The number of nitrogens with one attached hydrogen (secondary N) is 1. The molecule has 0 saturated heterocycles. The van der Waals surface area contributed by atoms with Crippen LogP contribution in [0.1, 0.15) is 25.5 Å². The molecule has 1 rings (SSSR count). The smallest absolute Gasteiger partial charge is 0.407 e. The summed E-state index contributed by atoms with van der Waals surface area (Å²) in [5, 5.41) is 2.49. The first-order chi connectivity index (χ1) is 10.6. The van der Waals surface area contributed by atoms with Gasteiger partial charge in [-0.25, -0.2) is 4.79 Å². The van der Waals surface area contributed by atoms with Gasteiger partial charge in [0.1, 0.15) is 24.1 Å². The lowest BCUT2D eigenvalue weighted by Crippen LogP contribution is -2.40. The highest BCUT2D eigenvalue weighted by molar-refractivity contribution is 6.67. The van der Waals surface area contributed by atoms with Gasteiger partial charge in [0.25, 0.3) is 0 Å². The summed E-state index contributed by atoms with van der Waals surface area (Å²) in [5.41, 5.74) is 0.591. The number of halogens is 3. The topological polar surface area (TPSA) is 72.5 Å². The number of benzene rings is 1. The van der Waals surface area contributed by atoms with E-state index in [0.717, 1.165) is 0 Å². The Kier molecular flexibility index (Phi) is 7.32. The van der Waals surface area contributed by atoms with Crippen LogP contribution in [0.25, 0.3) is 0 Å². The molecule has 8 heteroatoms. The Morgan fingerprint density at radius 2 is 1.61 bits per heavy atom. The molecular weight excluding hydrogens is 365 g/mol. The lowest BCUT2D eigenvalue weighted by atomic mass is 9.87. The number of alkyl halides is 3. The maximum absolute atomic E-state index is 11.9. The number of Topliss-reactive ketones (excluding diaryl/α,β-unsaturated/α-hetero) is 2. The van der Waals surface area contributed by atoms with Crippen LogP contribution in [-0.4, -0.2) is 28.1 Å². The summed E-state index contributed by atoms with van der Waals surface area (Å²) in [6, 6.07) is 7.76. The van der Waals surface area contributed by atoms with E-state index in [-0.39, 0.29) is 11.6 Å². The van der Waals surface area contributed by atoms with E-state index in [1.165, 1.54) is 13.8 Å². The van der Waals surface area contributed by atoms with E-state index in [9.17, 15) is 14.4 Å². The minimum absolute atomic E-state index is 0.368. The molecule has 1 aromatic carbocycles. The van der Waals surface area contributed by atoms with Crippen LogP contribution in [0.5, 0.6) is 0 Å². The number of carbonyl (C=O) groups excluding carboxylic acids is 3. The number of alkyl carbamates (subject to hydrolysis) is 1. The molecule has 0 aliphatic carbocycles. The number of amides is 1. The van der Waals surface area contributed by atoms with Gasteiger partial charge in [-0.1, -0.05) is 65.1 Å². The first-order valence-electron chi connectivity index (χ1n) is 6.67. The van der Waals surface area contributed by atoms with Gasteiger partial charge in [0.15, 0.2) is 0 Å². The standard InChI is InChI=1S/C15H16Cl3NO4/c1-9(20)12(10(2)21)13(11-6-4-3-5-7-11)19-14(22)23-8-15(16,17)18/h3-7,12-13H,8H2,1-2H3,(H,19,22). The molecule has 1 atom stereocenters. The second kappa shape index (κ2) is 8.52. The van der Waals surface area contributed by atoms with Gasteiger partial charge in [0.05, 0.1) is 6.04 Å². The molecule has 0 radical (unpaired) electrons. The average molecular weight is 381 g/mol. The molecule has 1 unspecified atom stereocenters. The summed E-state index contributed by atoms with van der Waals surface area (Å²) in [7, 11) is 0. The molecule has 23 heavy (non-hydrogen) atoms. The zero-order valence-corrected chi connectivity index (χ0v) is 14.8. The van der Waals surface area contributed by atoms with Crippen LogP contribution in [0.3, 0.4) is 0 Å². The molecular formula is C15H16Cl3NO4. The Labute approximate surface area is 149 Å². The van der Waals surface area contributed by atoms with Crippen LogP contribution < -0.4 is 5.32 Å². The van der Waals surface area contributed by atoms with Crippen LogP contribution in [0.4, 0.5) is 4.79 Å². The molecule has 0 fully saturated rings. The summed E-state index contributed by atoms with van der Waals surface area (Å²) in [4.78, 5) is 35.5. The van der Waals surface area contributed by atoms with Crippen molar-refractivity contribution < 1.29 is 19.1 Å². The van der Waals surface area contributed by atoms with Crippen molar-refractivity contribution in [2.45, 2.75) is 23.7 Å². The first kappa shape index (κ1) is 19.7. The van der Waals surface area contributed by atoms with E-state index in [4.69, 9.17) is 39.5 Å². The van der Waals surface area contributed by atoms with Crippen LogP contribution >= 0.6 is 34.8 Å². The van der Waals surface area contributed by atoms with Crippen molar-refractivity contribution in [3.05, 3.63) is 35.9 Å². The van der Waals surface area contributed by atoms with Gasteiger partial charge < -0.3 is 10.1 Å². The van der Waals surface area contributed by atoms with Crippen molar-refractivity contribution in [2.75, 3.05) is 6.61 Å². The molecule has 0 spiro atoms. The van der Waals surface area contributed by atoms with Crippen molar-refractivity contribution in [1.29, 1.82) is 0 Å². The fourth-order valence-corrected chi connectivity index (χ4v) is 2.25. The maximum atomic E-state index is 11.9. The number of carbonyl (C=O) groups is 3. The number of hydrogen-bond donors (Lipinski definition) is 1. The summed E-state index contributed by atoms with van der Waals surface area (Å²) >= 11 is 16.5. The summed E-state index contributed by atoms with van der Waals surface area (Å²) in [5.74, 6) is -1.77. The van der Waals surface area contributed by atoms with Gasteiger partial charge in [0.2, 0.25) is 3.79 Å². The van der Waals surface area contributed by atoms with Gasteiger partial charge in [-0.15, -0.1) is 0 Å². The van der Waals surface area contributed by atoms with E-state index in [1.54, 1.807) is 30.3 Å². The van der Waals surface area contributed by atoms with Crippen LogP contribution in [-0.2, 0) is 14.3 Å². The number of rotatable bonds is 6. The lowest BCUT2D eigenvalue weighted by molar-refractivity contribution is -0.131. The average Bonchev–Trinajstić information content (AvgIpc) is 2.44.